The summed E-state index contributed by atoms with van der Waals surface area (Å²) >= 11 is 0. The Morgan fingerprint density at radius 1 is 0.441 bits per heavy atom. The fourth-order valence-electron chi connectivity index (χ4n) is 5.71. The Bertz CT molecular complexity index is 2060. The molecule has 3 heterocycles. The predicted octanol–water partition coefficient (Wildman–Crippen LogP) is 7.89. The van der Waals surface area contributed by atoms with Gasteiger partial charge in [0, 0.05) is 32.6 Å². The number of pyridine rings is 1. The molecule has 0 aliphatic rings. The predicted molar refractivity (Wildman–Crippen MR) is 142 cm³/mol. The molecule has 0 spiro atoms. The van der Waals surface area contributed by atoms with Crippen LogP contribution in [0.15, 0.2) is 115 Å². The summed E-state index contributed by atoms with van der Waals surface area (Å²) < 4.78 is 4.69. The molecular weight excluding hydrogens is 414 g/mol. The molecule has 0 radical (unpaired) electrons. The highest BCUT2D eigenvalue weighted by Gasteiger charge is 2.19. The van der Waals surface area contributed by atoms with E-state index in [9.17, 15) is 0 Å². The van der Waals surface area contributed by atoms with E-state index in [-0.39, 0.29) is 0 Å². The number of para-hydroxylation sites is 5. The maximum Gasteiger partial charge on any atom is 0.146 e. The van der Waals surface area contributed by atoms with Crippen molar-refractivity contribution >= 4 is 60.2 Å². The second-order valence-corrected chi connectivity index (χ2v) is 8.85. The summed E-state index contributed by atoms with van der Waals surface area (Å²) in [7, 11) is 0. The van der Waals surface area contributed by atoms with Gasteiger partial charge in [0.25, 0.3) is 0 Å². The fourth-order valence-corrected chi connectivity index (χ4v) is 5.71. The molecule has 0 fully saturated rings. The Morgan fingerprint density at radius 3 is 1.91 bits per heavy atom. The summed E-state index contributed by atoms with van der Waals surface area (Å²) in [4.78, 5) is 5.10. The fraction of sp³-hybridized carbons (Fsp3) is 0. The molecule has 0 unspecified atom stereocenters. The van der Waals surface area contributed by atoms with Crippen LogP contribution in [0.5, 0.6) is 0 Å². The van der Waals surface area contributed by atoms with Gasteiger partial charge in [-0.25, -0.2) is 4.98 Å². The first kappa shape index (κ1) is 17.9. The number of imidazole rings is 1. The lowest BCUT2D eigenvalue weighted by molar-refractivity contribution is 1.18. The number of hydrogen-bond donors (Lipinski definition) is 0. The Morgan fingerprint density at radius 2 is 1.09 bits per heavy atom. The van der Waals surface area contributed by atoms with Crippen molar-refractivity contribution in [3.8, 4) is 5.69 Å². The van der Waals surface area contributed by atoms with Gasteiger partial charge in [0.1, 0.15) is 5.65 Å². The van der Waals surface area contributed by atoms with E-state index in [0.29, 0.717) is 0 Å². The lowest BCUT2D eigenvalue weighted by Gasteiger charge is -2.11. The van der Waals surface area contributed by atoms with Crippen molar-refractivity contribution in [1.29, 1.82) is 0 Å². The van der Waals surface area contributed by atoms with Crippen LogP contribution in [0.25, 0.3) is 65.8 Å². The van der Waals surface area contributed by atoms with Gasteiger partial charge in [-0.15, -0.1) is 0 Å². The average Bonchev–Trinajstić information content (AvgIpc) is 3.45. The second kappa shape index (κ2) is 6.46. The van der Waals surface area contributed by atoms with E-state index in [2.05, 4.69) is 124 Å². The number of nitrogens with zero attached hydrogens (tertiary/aromatic N) is 3. The zero-order valence-corrected chi connectivity index (χ0v) is 18.3. The molecule has 0 bridgehead atoms. The standard InChI is InChI=1S/C31H19N3/c1-2-10-20(11-3-1)33-25-15-7-5-13-22(25)30-28(33)19-18-23-29(30)21-12-4-8-16-26(21)34-27-17-9-6-14-24(27)32-31(23)34/h1-19H. The van der Waals surface area contributed by atoms with Crippen molar-refractivity contribution in [1.82, 2.24) is 14.0 Å². The molecule has 0 aliphatic carbocycles. The molecule has 34 heavy (non-hydrogen) atoms. The monoisotopic (exact) mass is 433 g/mol. The maximum atomic E-state index is 5.10. The lowest BCUT2D eigenvalue weighted by Crippen LogP contribution is -1.94. The van der Waals surface area contributed by atoms with E-state index in [1.54, 1.807) is 0 Å². The molecule has 5 aromatic carbocycles. The summed E-state index contributed by atoms with van der Waals surface area (Å²) in [5.74, 6) is 0. The normalized spacial score (nSPS) is 12.1. The van der Waals surface area contributed by atoms with E-state index in [0.717, 1.165) is 16.7 Å². The second-order valence-electron chi connectivity index (χ2n) is 8.85. The Labute approximate surface area is 195 Å². The highest BCUT2D eigenvalue weighted by molar-refractivity contribution is 6.30. The largest absolute Gasteiger partial charge is 0.309 e. The molecule has 0 atom stereocenters. The third kappa shape index (κ3) is 2.18. The third-order valence-electron chi connectivity index (χ3n) is 7.07. The number of aromatic nitrogens is 3. The van der Waals surface area contributed by atoms with Crippen LogP contribution >= 0.6 is 0 Å². The zero-order chi connectivity index (χ0) is 22.2. The van der Waals surface area contributed by atoms with Crippen LogP contribution in [0.2, 0.25) is 0 Å². The van der Waals surface area contributed by atoms with Gasteiger partial charge in [-0.1, -0.05) is 66.7 Å². The van der Waals surface area contributed by atoms with Crippen LogP contribution in [0.1, 0.15) is 0 Å². The van der Waals surface area contributed by atoms with E-state index >= 15 is 0 Å². The number of benzene rings is 5. The highest BCUT2D eigenvalue weighted by Crippen LogP contribution is 2.41. The molecule has 0 saturated heterocycles. The molecule has 3 heteroatoms. The number of rotatable bonds is 1. The molecule has 8 rings (SSSR count). The zero-order valence-electron chi connectivity index (χ0n) is 18.3. The van der Waals surface area contributed by atoms with Crippen molar-refractivity contribution in [2.24, 2.45) is 0 Å². The first-order chi connectivity index (χ1) is 16.9. The van der Waals surface area contributed by atoms with Gasteiger partial charge in [0.2, 0.25) is 0 Å². The van der Waals surface area contributed by atoms with Crippen LogP contribution in [0.4, 0.5) is 0 Å². The van der Waals surface area contributed by atoms with Crippen LogP contribution in [0, 0.1) is 0 Å². The van der Waals surface area contributed by atoms with Crippen molar-refractivity contribution < 1.29 is 0 Å². The molecule has 3 nitrogen and oxygen atoms in total. The molecule has 8 aromatic rings. The van der Waals surface area contributed by atoms with E-state index < -0.39 is 0 Å². The minimum atomic E-state index is 1.01. The molecule has 0 saturated carbocycles. The van der Waals surface area contributed by atoms with Crippen molar-refractivity contribution in [3.63, 3.8) is 0 Å². The Hall–Kier alpha value is -4.63. The molecule has 0 N–H and O–H groups in total. The minimum Gasteiger partial charge on any atom is -0.309 e. The molecule has 158 valence electrons. The van der Waals surface area contributed by atoms with E-state index in [4.69, 9.17) is 4.98 Å². The highest BCUT2D eigenvalue weighted by atomic mass is 15.0. The quantitative estimate of drug-likeness (QED) is 0.241. The van der Waals surface area contributed by atoms with Gasteiger partial charge < -0.3 is 4.57 Å². The topological polar surface area (TPSA) is 22.2 Å². The number of hydrogen-bond acceptors (Lipinski definition) is 1. The van der Waals surface area contributed by atoms with Gasteiger partial charge in [-0.3, -0.25) is 4.40 Å². The summed E-state index contributed by atoms with van der Waals surface area (Å²) in [6.45, 7) is 0. The van der Waals surface area contributed by atoms with Crippen molar-refractivity contribution in [2.45, 2.75) is 0 Å². The van der Waals surface area contributed by atoms with E-state index in [1.807, 2.05) is 0 Å². The lowest BCUT2D eigenvalue weighted by atomic mass is 10.00. The Kier molecular flexibility index (Phi) is 3.39. The minimum absolute atomic E-state index is 1.01. The van der Waals surface area contributed by atoms with Crippen LogP contribution < -0.4 is 0 Å². The first-order valence-corrected chi connectivity index (χ1v) is 11.6. The summed E-state index contributed by atoms with van der Waals surface area (Å²) in [5, 5.41) is 6.23. The van der Waals surface area contributed by atoms with Crippen molar-refractivity contribution in [3.05, 3.63) is 115 Å². The Balaban J connectivity index is 1.70. The van der Waals surface area contributed by atoms with E-state index in [1.165, 1.54) is 49.2 Å². The van der Waals surface area contributed by atoms with Gasteiger partial charge in [0.15, 0.2) is 0 Å². The first-order valence-electron chi connectivity index (χ1n) is 11.6. The summed E-state index contributed by atoms with van der Waals surface area (Å²) in [6, 6.07) is 41.0. The molecule has 0 amide bonds. The summed E-state index contributed by atoms with van der Waals surface area (Å²) in [5.41, 5.74) is 7.95. The average molecular weight is 434 g/mol. The maximum absolute atomic E-state index is 5.10. The summed E-state index contributed by atoms with van der Waals surface area (Å²) in [6.07, 6.45) is 0. The number of fused-ring (bicyclic) bond motifs is 12. The van der Waals surface area contributed by atoms with Crippen molar-refractivity contribution in [2.75, 3.05) is 0 Å². The third-order valence-corrected chi connectivity index (χ3v) is 7.07. The van der Waals surface area contributed by atoms with Gasteiger partial charge in [-0.05, 0) is 48.5 Å². The van der Waals surface area contributed by atoms with Gasteiger partial charge >= 0.3 is 0 Å². The smallest absolute Gasteiger partial charge is 0.146 e. The van der Waals surface area contributed by atoms with Crippen LogP contribution in [-0.2, 0) is 0 Å². The SMILES string of the molecule is c1ccc(-n2c3ccccc3c3c4c5ccccc5n5c6ccccc6nc5c4ccc32)cc1. The molecule has 0 aliphatic heterocycles. The van der Waals surface area contributed by atoms with Gasteiger partial charge in [-0.2, -0.15) is 0 Å². The molecular formula is C31H19N3. The van der Waals surface area contributed by atoms with Gasteiger partial charge in [0.05, 0.1) is 27.6 Å². The molecule has 3 aromatic heterocycles. The van der Waals surface area contributed by atoms with Crippen LogP contribution in [0.3, 0.4) is 0 Å². The van der Waals surface area contributed by atoms with Crippen LogP contribution in [-0.4, -0.2) is 14.0 Å².